The van der Waals surface area contributed by atoms with Gasteiger partial charge in [0.2, 0.25) is 0 Å². The standard InChI is InChI=1S/C19H18O2S/c1-3-20-12-16-18(14-7-5-4-6-8-14)21-17-10-9-13(2)11-15(17)19(16)22/h4-12,18H,3H2,1-2H3. The highest BCUT2D eigenvalue weighted by Gasteiger charge is 2.30. The van der Waals surface area contributed by atoms with Crippen molar-refractivity contribution in [3.63, 3.8) is 0 Å². The van der Waals surface area contributed by atoms with Gasteiger partial charge in [-0.1, -0.05) is 54.2 Å². The molecule has 0 bridgehead atoms. The van der Waals surface area contributed by atoms with Gasteiger partial charge in [0, 0.05) is 5.56 Å². The molecule has 0 spiro atoms. The van der Waals surface area contributed by atoms with Crippen LogP contribution in [0.2, 0.25) is 0 Å². The molecule has 0 fully saturated rings. The van der Waals surface area contributed by atoms with Gasteiger partial charge < -0.3 is 9.47 Å². The van der Waals surface area contributed by atoms with Crippen LogP contribution in [-0.4, -0.2) is 11.5 Å². The number of aryl methyl sites for hydroxylation is 1. The van der Waals surface area contributed by atoms with Gasteiger partial charge in [0.05, 0.1) is 23.3 Å². The van der Waals surface area contributed by atoms with E-state index in [2.05, 4.69) is 13.0 Å². The smallest absolute Gasteiger partial charge is 0.153 e. The lowest BCUT2D eigenvalue weighted by Gasteiger charge is -2.29. The van der Waals surface area contributed by atoms with Crippen LogP contribution in [0, 0.1) is 6.92 Å². The van der Waals surface area contributed by atoms with Crippen LogP contribution >= 0.6 is 12.2 Å². The second kappa shape index (κ2) is 6.32. The van der Waals surface area contributed by atoms with Gasteiger partial charge in [-0.05, 0) is 31.5 Å². The van der Waals surface area contributed by atoms with E-state index in [-0.39, 0.29) is 6.10 Å². The third kappa shape index (κ3) is 2.77. The minimum absolute atomic E-state index is 0.226. The molecule has 112 valence electrons. The minimum atomic E-state index is -0.226. The van der Waals surface area contributed by atoms with Crippen molar-refractivity contribution in [2.24, 2.45) is 0 Å². The molecule has 1 aliphatic rings. The van der Waals surface area contributed by atoms with E-state index in [9.17, 15) is 0 Å². The zero-order chi connectivity index (χ0) is 15.5. The number of thiocarbonyl (C=S) groups is 1. The van der Waals surface area contributed by atoms with E-state index in [4.69, 9.17) is 21.7 Å². The normalized spacial score (nSPS) is 18.7. The van der Waals surface area contributed by atoms with Crippen molar-refractivity contribution in [2.45, 2.75) is 20.0 Å². The average Bonchev–Trinajstić information content (AvgIpc) is 2.55. The Morgan fingerprint density at radius 1 is 1.18 bits per heavy atom. The van der Waals surface area contributed by atoms with E-state index in [0.717, 1.165) is 27.3 Å². The summed E-state index contributed by atoms with van der Waals surface area (Å²) in [5.74, 6) is 0.832. The summed E-state index contributed by atoms with van der Waals surface area (Å²) < 4.78 is 11.7. The minimum Gasteiger partial charge on any atom is -0.501 e. The van der Waals surface area contributed by atoms with Gasteiger partial charge >= 0.3 is 0 Å². The Morgan fingerprint density at radius 3 is 2.68 bits per heavy atom. The molecule has 0 radical (unpaired) electrons. The van der Waals surface area contributed by atoms with Gasteiger partial charge in [-0.3, -0.25) is 0 Å². The largest absolute Gasteiger partial charge is 0.501 e. The maximum Gasteiger partial charge on any atom is 0.153 e. The molecule has 0 aromatic heterocycles. The Morgan fingerprint density at radius 2 is 1.95 bits per heavy atom. The van der Waals surface area contributed by atoms with E-state index >= 15 is 0 Å². The Kier molecular flexibility index (Phi) is 4.25. The van der Waals surface area contributed by atoms with E-state index in [1.165, 1.54) is 5.56 Å². The summed E-state index contributed by atoms with van der Waals surface area (Å²) in [6.07, 6.45) is 1.51. The molecular formula is C19H18O2S. The third-order valence-corrected chi connectivity index (χ3v) is 4.10. The highest BCUT2D eigenvalue weighted by Crippen LogP contribution is 2.39. The van der Waals surface area contributed by atoms with Crippen molar-refractivity contribution < 1.29 is 9.47 Å². The summed E-state index contributed by atoms with van der Waals surface area (Å²) in [4.78, 5) is 0.798. The molecule has 0 amide bonds. The van der Waals surface area contributed by atoms with Gasteiger partial charge in [-0.2, -0.15) is 0 Å². The first-order chi connectivity index (χ1) is 10.7. The van der Waals surface area contributed by atoms with Crippen molar-refractivity contribution in [3.8, 4) is 5.75 Å². The molecule has 0 saturated heterocycles. The van der Waals surface area contributed by atoms with Crippen molar-refractivity contribution >= 4 is 17.1 Å². The fraction of sp³-hybridized carbons (Fsp3) is 0.211. The summed E-state index contributed by atoms with van der Waals surface area (Å²) >= 11 is 5.70. The quantitative estimate of drug-likeness (QED) is 0.462. The molecule has 3 rings (SSSR count). The van der Waals surface area contributed by atoms with Crippen LogP contribution in [0.1, 0.15) is 29.7 Å². The highest BCUT2D eigenvalue weighted by molar-refractivity contribution is 7.81. The van der Waals surface area contributed by atoms with Gasteiger partial charge in [0.15, 0.2) is 6.10 Å². The number of hydrogen-bond acceptors (Lipinski definition) is 3. The van der Waals surface area contributed by atoms with Crippen molar-refractivity contribution in [1.82, 2.24) is 0 Å². The summed E-state index contributed by atoms with van der Waals surface area (Å²) in [7, 11) is 0. The van der Waals surface area contributed by atoms with Gasteiger partial charge in [-0.25, -0.2) is 0 Å². The molecule has 2 nitrogen and oxygen atoms in total. The predicted octanol–water partition coefficient (Wildman–Crippen LogP) is 4.77. The van der Waals surface area contributed by atoms with Crippen LogP contribution < -0.4 is 4.74 Å². The zero-order valence-electron chi connectivity index (χ0n) is 12.7. The molecule has 22 heavy (non-hydrogen) atoms. The van der Waals surface area contributed by atoms with Gasteiger partial charge in [0.25, 0.3) is 0 Å². The Balaban J connectivity index is 2.09. The highest BCUT2D eigenvalue weighted by atomic mass is 32.1. The van der Waals surface area contributed by atoms with Gasteiger partial charge in [0.1, 0.15) is 5.75 Å². The zero-order valence-corrected chi connectivity index (χ0v) is 13.5. The average molecular weight is 310 g/mol. The molecule has 0 aliphatic carbocycles. The molecule has 2 aromatic carbocycles. The third-order valence-electron chi connectivity index (χ3n) is 3.65. The van der Waals surface area contributed by atoms with E-state index in [0.29, 0.717) is 6.61 Å². The summed E-state index contributed by atoms with van der Waals surface area (Å²) in [5, 5.41) is 0. The monoisotopic (exact) mass is 310 g/mol. The maximum atomic E-state index is 6.22. The van der Waals surface area contributed by atoms with E-state index < -0.39 is 0 Å². The van der Waals surface area contributed by atoms with Gasteiger partial charge in [-0.15, -0.1) is 0 Å². The molecule has 0 N–H and O–H groups in total. The number of ether oxygens (including phenoxy) is 2. The lowest BCUT2D eigenvalue weighted by Crippen LogP contribution is -2.23. The first kappa shape index (κ1) is 14.8. The second-order valence-corrected chi connectivity index (χ2v) is 5.67. The number of hydrogen-bond donors (Lipinski definition) is 0. The number of rotatable bonds is 3. The molecule has 1 unspecified atom stereocenters. The lowest BCUT2D eigenvalue weighted by atomic mass is 9.92. The van der Waals surface area contributed by atoms with Crippen molar-refractivity contribution in [3.05, 3.63) is 77.1 Å². The molecule has 1 atom stereocenters. The van der Waals surface area contributed by atoms with E-state index in [1.54, 1.807) is 6.26 Å². The maximum absolute atomic E-state index is 6.22. The summed E-state index contributed by atoms with van der Waals surface area (Å²) in [6, 6.07) is 16.2. The summed E-state index contributed by atoms with van der Waals surface area (Å²) in [6.45, 7) is 4.62. The second-order valence-electron chi connectivity index (χ2n) is 5.27. The van der Waals surface area contributed by atoms with Crippen molar-refractivity contribution in [2.75, 3.05) is 6.61 Å². The van der Waals surface area contributed by atoms with Crippen LogP contribution in [-0.2, 0) is 4.74 Å². The Bertz CT molecular complexity index is 719. The lowest BCUT2D eigenvalue weighted by molar-refractivity contribution is 0.223. The molecular weight excluding hydrogens is 292 g/mol. The first-order valence-corrected chi connectivity index (χ1v) is 7.80. The van der Waals surface area contributed by atoms with Crippen LogP contribution in [0.15, 0.2) is 60.4 Å². The number of fused-ring (bicyclic) bond motifs is 1. The molecule has 3 heteroatoms. The predicted molar refractivity (Wildman–Crippen MR) is 92.4 cm³/mol. The Hall–Kier alpha value is -2.13. The topological polar surface area (TPSA) is 18.5 Å². The molecule has 2 aromatic rings. The SMILES string of the molecule is CCOC=C1C(=S)c2cc(C)ccc2OC1c1ccccc1. The van der Waals surface area contributed by atoms with E-state index in [1.807, 2.05) is 49.4 Å². The van der Waals surface area contributed by atoms with Crippen LogP contribution in [0.3, 0.4) is 0 Å². The molecule has 1 aliphatic heterocycles. The summed E-state index contributed by atoms with van der Waals surface area (Å²) in [5.41, 5.74) is 4.11. The number of benzene rings is 2. The van der Waals surface area contributed by atoms with Crippen molar-refractivity contribution in [1.29, 1.82) is 0 Å². The van der Waals surface area contributed by atoms with Crippen LogP contribution in [0.25, 0.3) is 0 Å². The Labute approximate surface area is 136 Å². The van der Waals surface area contributed by atoms with Crippen LogP contribution in [0.4, 0.5) is 0 Å². The first-order valence-electron chi connectivity index (χ1n) is 7.39. The molecule has 0 saturated carbocycles. The molecule has 1 heterocycles. The fourth-order valence-corrected chi connectivity index (χ4v) is 2.87. The van der Waals surface area contributed by atoms with Crippen LogP contribution in [0.5, 0.6) is 5.75 Å². The fourth-order valence-electron chi connectivity index (χ4n) is 2.55.